The summed E-state index contributed by atoms with van der Waals surface area (Å²) in [6, 6.07) is 16.1. The molecular weight excluding hydrogens is 434 g/mol. The van der Waals surface area contributed by atoms with Crippen molar-refractivity contribution in [1.29, 1.82) is 0 Å². The van der Waals surface area contributed by atoms with Crippen LogP contribution in [0.1, 0.15) is 22.3 Å². The maximum Gasteiger partial charge on any atom is 0.262 e. The monoisotopic (exact) mass is 463 g/mol. The molecule has 9 nitrogen and oxygen atoms in total. The van der Waals surface area contributed by atoms with Crippen molar-refractivity contribution in [2.24, 2.45) is 0 Å². The van der Waals surface area contributed by atoms with Gasteiger partial charge in [-0.25, -0.2) is 5.48 Å². The third-order valence-corrected chi connectivity index (χ3v) is 5.93. The predicted molar refractivity (Wildman–Crippen MR) is 128 cm³/mol. The number of ether oxygens (including phenoxy) is 1. The Kier molecular flexibility index (Phi) is 8.03. The standard InChI is InChI=1S/C25H29N5O4/c31-24(28-16-23(25(32)29-33)30-14-3-11-26-13-15-30)18-6-8-20(9-7-18)34-17-19-10-12-27-22-5-2-1-4-21(19)22/h1-2,4-10,12,23,26,33H,3,11,13-17H2,(H,28,31)(H,29,32). The highest BCUT2D eigenvalue weighted by atomic mass is 16.5. The summed E-state index contributed by atoms with van der Waals surface area (Å²) >= 11 is 0. The van der Waals surface area contributed by atoms with Crippen LogP contribution in [0.3, 0.4) is 0 Å². The van der Waals surface area contributed by atoms with Gasteiger partial charge in [-0.2, -0.15) is 0 Å². The number of benzene rings is 2. The van der Waals surface area contributed by atoms with Crippen molar-refractivity contribution in [2.45, 2.75) is 19.1 Å². The Balaban J connectivity index is 1.34. The number of amides is 2. The highest BCUT2D eigenvalue weighted by Crippen LogP contribution is 2.19. The van der Waals surface area contributed by atoms with Crippen molar-refractivity contribution in [3.63, 3.8) is 0 Å². The second-order valence-corrected chi connectivity index (χ2v) is 8.14. The van der Waals surface area contributed by atoms with E-state index in [1.807, 2.05) is 35.2 Å². The summed E-state index contributed by atoms with van der Waals surface area (Å²) in [4.78, 5) is 31.2. The lowest BCUT2D eigenvalue weighted by molar-refractivity contribution is -0.134. The average molecular weight is 464 g/mol. The molecule has 0 spiro atoms. The molecule has 1 aliphatic rings. The SMILES string of the molecule is O=C(NCC(C(=O)NO)N1CCCNCC1)c1ccc(OCc2ccnc3ccccc23)cc1. The van der Waals surface area contributed by atoms with E-state index in [4.69, 9.17) is 9.94 Å². The van der Waals surface area contributed by atoms with Crippen LogP contribution in [0.4, 0.5) is 0 Å². The molecule has 2 amide bonds. The van der Waals surface area contributed by atoms with Gasteiger partial charge in [-0.15, -0.1) is 0 Å². The first-order chi connectivity index (χ1) is 16.7. The topological polar surface area (TPSA) is 116 Å². The van der Waals surface area contributed by atoms with Crippen LogP contribution in [0, 0.1) is 0 Å². The molecule has 4 rings (SSSR count). The first-order valence-electron chi connectivity index (χ1n) is 11.4. The Labute approximate surface area is 198 Å². The van der Waals surface area contributed by atoms with Gasteiger partial charge in [-0.05, 0) is 49.4 Å². The summed E-state index contributed by atoms with van der Waals surface area (Å²) in [7, 11) is 0. The molecule has 1 atom stereocenters. The Morgan fingerprint density at radius 2 is 1.91 bits per heavy atom. The maximum atomic E-state index is 12.7. The van der Waals surface area contributed by atoms with Crippen LogP contribution >= 0.6 is 0 Å². The molecule has 1 unspecified atom stereocenters. The van der Waals surface area contributed by atoms with Gasteiger partial charge in [-0.1, -0.05) is 18.2 Å². The molecule has 0 radical (unpaired) electrons. The van der Waals surface area contributed by atoms with Crippen LogP contribution in [-0.4, -0.2) is 65.7 Å². The van der Waals surface area contributed by atoms with Crippen LogP contribution < -0.4 is 20.9 Å². The van der Waals surface area contributed by atoms with Crippen molar-refractivity contribution in [3.05, 3.63) is 71.9 Å². The minimum Gasteiger partial charge on any atom is -0.489 e. The first-order valence-corrected chi connectivity index (χ1v) is 11.4. The van der Waals surface area contributed by atoms with E-state index in [1.54, 1.807) is 35.9 Å². The molecule has 2 aromatic carbocycles. The van der Waals surface area contributed by atoms with Gasteiger partial charge in [0.2, 0.25) is 0 Å². The lowest BCUT2D eigenvalue weighted by atomic mass is 10.1. The lowest BCUT2D eigenvalue weighted by Gasteiger charge is -2.28. The molecule has 2 heterocycles. The van der Waals surface area contributed by atoms with E-state index in [1.165, 1.54) is 0 Å². The number of hydrogen-bond acceptors (Lipinski definition) is 7. The number of pyridine rings is 1. The zero-order valence-corrected chi connectivity index (χ0v) is 18.9. The molecule has 0 aliphatic carbocycles. The van der Waals surface area contributed by atoms with Crippen LogP contribution in [0.15, 0.2) is 60.8 Å². The van der Waals surface area contributed by atoms with Gasteiger partial charge < -0.3 is 15.4 Å². The quantitative estimate of drug-likeness (QED) is 0.297. The number of rotatable bonds is 8. The van der Waals surface area contributed by atoms with Gasteiger partial charge in [0.05, 0.1) is 5.52 Å². The number of fused-ring (bicyclic) bond motifs is 1. The van der Waals surface area contributed by atoms with E-state index in [9.17, 15) is 9.59 Å². The van der Waals surface area contributed by atoms with Crippen molar-refractivity contribution in [2.75, 3.05) is 32.7 Å². The Morgan fingerprint density at radius 1 is 1.09 bits per heavy atom. The largest absolute Gasteiger partial charge is 0.489 e. The highest BCUT2D eigenvalue weighted by Gasteiger charge is 2.27. The number of carbonyl (C=O) groups is 2. The molecule has 1 aliphatic heterocycles. The lowest BCUT2D eigenvalue weighted by Crippen LogP contribution is -2.53. The second kappa shape index (κ2) is 11.6. The molecule has 34 heavy (non-hydrogen) atoms. The zero-order valence-electron chi connectivity index (χ0n) is 18.9. The van der Waals surface area contributed by atoms with Crippen LogP contribution in [0.5, 0.6) is 5.75 Å². The van der Waals surface area contributed by atoms with Gasteiger partial charge in [0.1, 0.15) is 18.4 Å². The molecule has 178 valence electrons. The fraction of sp³-hybridized carbons (Fsp3) is 0.320. The van der Waals surface area contributed by atoms with E-state index < -0.39 is 11.9 Å². The number of aromatic nitrogens is 1. The minimum absolute atomic E-state index is 0.0958. The smallest absolute Gasteiger partial charge is 0.262 e. The number of nitrogens with one attached hydrogen (secondary N) is 3. The Morgan fingerprint density at radius 3 is 2.74 bits per heavy atom. The number of hydrogen-bond donors (Lipinski definition) is 4. The van der Waals surface area contributed by atoms with Crippen LogP contribution in [0.2, 0.25) is 0 Å². The van der Waals surface area contributed by atoms with Gasteiger partial charge >= 0.3 is 0 Å². The first kappa shape index (κ1) is 23.6. The van der Waals surface area contributed by atoms with E-state index in [0.717, 1.165) is 36.0 Å². The summed E-state index contributed by atoms with van der Waals surface area (Å²) < 4.78 is 5.92. The summed E-state index contributed by atoms with van der Waals surface area (Å²) in [6.07, 6.45) is 2.65. The summed E-state index contributed by atoms with van der Waals surface area (Å²) in [5, 5.41) is 16.3. The maximum absolute atomic E-state index is 12.7. The summed E-state index contributed by atoms with van der Waals surface area (Å²) in [5.41, 5.74) is 4.13. The zero-order chi connectivity index (χ0) is 23.8. The van der Waals surface area contributed by atoms with E-state index in [-0.39, 0.29) is 12.5 Å². The van der Waals surface area contributed by atoms with Gasteiger partial charge in [-0.3, -0.25) is 24.7 Å². The fourth-order valence-corrected chi connectivity index (χ4v) is 4.08. The Hall–Kier alpha value is -3.53. The molecule has 1 fully saturated rings. The molecule has 0 saturated carbocycles. The number of para-hydroxylation sites is 1. The van der Waals surface area contributed by atoms with Gasteiger partial charge in [0.25, 0.3) is 11.8 Å². The molecule has 9 heteroatoms. The van der Waals surface area contributed by atoms with Crippen LogP contribution in [0.25, 0.3) is 10.9 Å². The minimum atomic E-state index is -0.647. The highest BCUT2D eigenvalue weighted by molar-refractivity contribution is 5.94. The molecule has 1 aromatic heterocycles. The van der Waals surface area contributed by atoms with Crippen molar-refractivity contribution in [3.8, 4) is 5.75 Å². The molecule has 0 bridgehead atoms. The third kappa shape index (κ3) is 5.88. The van der Waals surface area contributed by atoms with E-state index >= 15 is 0 Å². The predicted octanol–water partition coefficient (Wildman–Crippen LogP) is 1.71. The Bertz CT molecular complexity index is 1110. The summed E-state index contributed by atoms with van der Waals surface area (Å²) in [5.74, 6) is -0.183. The molecule has 3 aromatic rings. The van der Waals surface area contributed by atoms with Gasteiger partial charge in [0.15, 0.2) is 0 Å². The second-order valence-electron chi connectivity index (χ2n) is 8.14. The number of hydroxylamine groups is 1. The van der Waals surface area contributed by atoms with Gasteiger partial charge in [0, 0.05) is 48.9 Å². The van der Waals surface area contributed by atoms with E-state index in [2.05, 4.69) is 15.6 Å². The summed E-state index contributed by atoms with van der Waals surface area (Å²) in [6.45, 7) is 3.48. The fourth-order valence-electron chi connectivity index (χ4n) is 4.08. The number of carbonyl (C=O) groups excluding carboxylic acids is 2. The number of nitrogens with zero attached hydrogens (tertiary/aromatic N) is 2. The molecule has 4 N–H and O–H groups in total. The normalized spacial score (nSPS) is 15.3. The molecule has 1 saturated heterocycles. The van der Waals surface area contributed by atoms with Crippen molar-refractivity contribution < 1.29 is 19.5 Å². The van der Waals surface area contributed by atoms with Crippen molar-refractivity contribution >= 4 is 22.7 Å². The van der Waals surface area contributed by atoms with Crippen LogP contribution in [-0.2, 0) is 11.4 Å². The van der Waals surface area contributed by atoms with E-state index in [0.29, 0.717) is 31.0 Å². The van der Waals surface area contributed by atoms with Crippen molar-refractivity contribution in [1.82, 2.24) is 26.0 Å². The average Bonchev–Trinajstić information content (AvgIpc) is 3.17. The molecular formula is C25H29N5O4. The third-order valence-electron chi connectivity index (χ3n) is 5.93.